The number of aryl methyl sites for hydroxylation is 1. The number of rotatable bonds is 4. The Morgan fingerprint density at radius 3 is 2.86 bits per heavy atom. The molecule has 0 radical (unpaired) electrons. The fraction of sp³-hybridized carbons (Fsp3) is 0.235. The molecule has 1 amide bonds. The molecule has 2 N–H and O–H groups in total. The van der Waals surface area contributed by atoms with Gasteiger partial charge in [0.05, 0.1) is 0 Å². The minimum absolute atomic E-state index is 0.105. The van der Waals surface area contributed by atoms with Crippen LogP contribution in [0.15, 0.2) is 42.6 Å². The van der Waals surface area contributed by atoms with E-state index in [1.54, 1.807) is 6.07 Å². The van der Waals surface area contributed by atoms with Crippen LogP contribution in [0.4, 0.5) is 0 Å². The molecule has 1 heterocycles. The molecule has 0 aliphatic rings. The summed E-state index contributed by atoms with van der Waals surface area (Å²) in [6.07, 6.45) is 1.88. The summed E-state index contributed by atoms with van der Waals surface area (Å²) >= 11 is 0. The van der Waals surface area contributed by atoms with E-state index in [0.29, 0.717) is 12.2 Å². The number of aromatic nitrogens is 1. The van der Waals surface area contributed by atoms with Gasteiger partial charge in [0.1, 0.15) is 12.3 Å². The number of aliphatic hydroxyl groups is 1. The Morgan fingerprint density at radius 1 is 1.29 bits per heavy atom. The van der Waals surface area contributed by atoms with Crippen molar-refractivity contribution < 1.29 is 9.90 Å². The molecular weight excluding hydrogens is 264 g/mol. The van der Waals surface area contributed by atoms with Gasteiger partial charge in [-0.2, -0.15) is 0 Å². The van der Waals surface area contributed by atoms with Gasteiger partial charge < -0.3 is 15.0 Å². The minimum Gasteiger partial charge on any atom is -0.384 e. The maximum atomic E-state index is 12.2. The Bertz CT molecular complexity index is 677. The maximum Gasteiger partial charge on any atom is 0.268 e. The van der Waals surface area contributed by atoms with Gasteiger partial charge in [0.2, 0.25) is 0 Å². The Labute approximate surface area is 124 Å². The van der Waals surface area contributed by atoms with Crippen molar-refractivity contribution in [3.8, 4) is 11.8 Å². The SMILES string of the molecule is CCn1cccc1C(=O)NCc1ccccc1C#CCO. The van der Waals surface area contributed by atoms with E-state index in [2.05, 4.69) is 17.2 Å². The zero-order valence-corrected chi connectivity index (χ0v) is 12.0. The van der Waals surface area contributed by atoms with Crippen LogP contribution in [0.1, 0.15) is 28.5 Å². The molecule has 1 aromatic carbocycles. The van der Waals surface area contributed by atoms with Crippen LogP contribution in [0.25, 0.3) is 0 Å². The number of carbonyl (C=O) groups excluding carboxylic acids is 1. The van der Waals surface area contributed by atoms with E-state index in [9.17, 15) is 4.79 Å². The largest absolute Gasteiger partial charge is 0.384 e. The van der Waals surface area contributed by atoms with Crippen LogP contribution in [0.5, 0.6) is 0 Å². The second kappa shape index (κ2) is 7.32. The molecule has 0 fully saturated rings. The molecule has 4 nitrogen and oxygen atoms in total. The van der Waals surface area contributed by atoms with E-state index in [1.165, 1.54) is 0 Å². The van der Waals surface area contributed by atoms with Gasteiger partial charge in [0, 0.05) is 24.8 Å². The average molecular weight is 282 g/mol. The maximum absolute atomic E-state index is 12.2. The third kappa shape index (κ3) is 3.74. The summed E-state index contributed by atoms with van der Waals surface area (Å²) in [7, 11) is 0. The predicted octanol–water partition coefficient (Wildman–Crippen LogP) is 1.78. The highest BCUT2D eigenvalue weighted by atomic mass is 16.2. The molecule has 21 heavy (non-hydrogen) atoms. The molecule has 0 saturated heterocycles. The number of carbonyl (C=O) groups is 1. The highest BCUT2D eigenvalue weighted by Gasteiger charge is 2.10. The summed E-state index contributed by atoms with van der Waals surface area (Å²) in [5.74, 6) is 5.41. The number of amides is 1. The van der Waals surface area contributed by atoms with Gasteiger partial charge in [-0.3, -0.25) is 4.79 Å². The first kappa shape index (κ1) is 14.9. The molecule has 0 spiro atoms. The van der Waals surface area contributed by atoms with Crippen LogP contribution in [-0.4, -0.2) is 22.2 Å². The second-order valence-electron chi connectivity index (χ2n) is 4.48. The molecule has 0 aliphatic heterocycles. The zero-order chi connectivity index (χ0) is 15.1. The highest BCUT2D eigenvalue weighted by molar-refractivity contribution is 5.92. The van der Waals surface area contributed by atoms with E-state index in [0.717, 1.165) is 17.7 Å². The fourth-order valence-electron chi connectivity index (χ4n) is 2.09. The molecule has 2 rings (SSSR count). The summed E-state index contributed by atoms with van der Waals surface area (Å²) < 4.78 is 1.90. The molecule has 4 heteroatoms. The van der Waals surface area contributed by atoms with Crippen molar-refractivity contribution in [3.63, 3.8) is 0 Å². The van der Waals surface area contributed by atoms with Crippen LogP contribution in [-0.2, 0) is 13.1 Å². The van der Waals surface area contributed by atoms with Gasteiger partial charge in [-0.25, -0.2) is 0 Å². The van der Waals surface area contributed by atoms with Crippen molar-refractivity contribution >= 4 is 5.91 Å². The van der Waals surface area contributed by atoms with E-state index in [1.807, 2.05) is 48.0 Å². The number of nitrogens with one attached hydrogen (secondary N) is 1. The Morgan fingerprint density at radius 2 is 2.10 bits per heavy atom. The van der Waals surface area contributed by atoms with Crippen LogP contribution in [0.3, 0.4) is 0 Å². The average Bonchev–Trinajstić information content (AvgIpc) is 3.00. The molecule has 1 aromatic heterocycles. The van der Waals surface area contributed by atoms with Crippen LogP contribution >= 0.6 is 0 Å². The molecule has 0 aliphatic carbocycles. The monoisotopic (exact) mass is 282 g/mol. The first-order valence-corrected chi connectivity index (χ1v) is 6.87. The molecular formula is C17H18N2O2. The third-order valence-electron chi connectivity index (χ3n) is 3.16. The van der Waals surface area contributed by atoms with Crippen LogP contribution in [0.2, 0.25) is 0 Å². The molecule has 108 valence electrons. The van der Waals surface area contributed by atoms with Crippen molar-refractivity contribution in [1.29, 1.82) is 0 Å². The Hall–Kier alpha value is -2.51. The Balaban J connectivity index is 2.08. The summed E-state index contributed by atoms with van der Waals surface area (Å²) in [5, 5.41) is 11.7. The predicted molar refractivity (Wildman–Crippen MR) is 81.7 cm³/mol. The summed E-state index contributed by atoms with van der Waals surface area (Å²) in [5.41, 5.74) is 2.40. The molecule has 0 atom stereocenters. The fourth-order valence-corrected chi connectivity index (χ4v) is 2.09. The van der Waals surface area contributed by atoms with E-state index in [4.69, 9.17) is 5.11 Å². The number of hydrogen-bond donors (Lipinski definition) is 2. The van der Waals surface area contributed by atoms with Crippen molar-refractivity contribution in [1.82, 2.24) is 9.88 Å². The summed E-state index contributed by atoms with van der Waals surface area (Å²) in [6, 6.07) is 11.2. The van der Waals surface area contributed by atoms with E-state index < -0.39 is 0 Å². The normalized spacial score (nSPS) is 9.81. The smallest absolute Gasteiger partial charge is 0.268 e. The van der Waals surface area contributed by atoms with Crippen LogP contribution < -0.4 is 5.32 Å². The quantitative estimate of drug-likeness (QED) is 0.840. The molecule has 0 unspecified atom stereocenters. The van der Waals surface area contributed by atoms with E-state index >= 15 is 0 Å². The standard InChI is InChI=1S/C17H18N2O2/c1-2-19-11-5-10-16(19)17(21)18-13-15-8-4-3-7-14(15)9-6-12-20/h3-5,7-8,10-11,20H,2,12-13H2,1H3,(H,18,21). The van der Waals surface area contributed by atoms with Crippen LogP contribution in [0, 0.1) is 11.8 Å². The van der Waals surface area contributed by atoms with Gasteiger partial charge in [-0.05, 0) is 30.7 Å². The van der Waals surface area contributed by atoms with Gasteiger partial charge in [0.15, 0.2) is 0 Å². The minimum atomic E-state index is -0.176. The number of benzene rings is 1. The lowest BCUT2D eigenvalue weighted by atomic mass is 10.1. The highest BCUT2D eigenvalue weighted by Crippen LogP contribution is 2.08. The topological polar surface area (TPSA) is 54.3 Å². The number of aliphatic hydroxyl groups excluding tert-OH is 1. The lowest BCUT2D eigenvalue weighted by molar-refractivity contribution is 0.0941. The second-order valence-corrected chi connectivity index (χ2v) is 4.48. The Kier molecular flexibility index (Phi) is 5.19. The van der Waals surface area contributed by atoms with Gasteiger partial charge >= 0.3 is 0 Å². The number of nitrogens with zero attached hydrogens (tertiary/aromatic N) is 1. The van der Waals surface area contributed by atoms with Gasteiger partial charge in [-0.15, -0.1) is 0 Å². The van der Waals surface area contributed by atoms with Crippen molar-refractivity contribution in [3.05, 3.63) is 59.4 Å². The lowest BCUT2D eigenvalue weighted by Crippen LogP contribution is -2.25. The van der Waals surface area contributed by atoms with Crippen molar-refractivity contribution in [2.45, 2.75) is 20.0 Å². The molecule has 2 aromatic rings. The molecule has 0 saturated carbocycles. The molecule has 0 bridgehead atoms. The van der Waals surface area contributed by atoms with Gasteiger partial charge in [0.25, 0.3) is 5.91 Å². The van der Waals surface area contributed by atoms with Crippen molar-refractivity contribution in [2.24, 2.45) is 0 Å². The summed E-state index contributed by atoms with van der Waals surface area (Å²) in [6.45, 7) is 2.99. The van der Waals surface area contributed by atoms with E-state index in [-0.39, 0.29) is 12.5 Å². The first-order valence-electron chi connectivity index (χ1n) is 6.87. The number of hydrogen-bond acceptors (Lipinski definition) is 2. The third-order valence-corrected chi connectivity index (χ3v) is 3.16. The zero-order valence-electron chi connectivity index (χ0n) is 12.0. The van der Waals surface area contributed by atoms with Gasteiger partial charge in [-0.1, -0.05) is 30.0 Å². The summed E-state index contributed by atoms with van der Waals surface area (Å²) in [4.78, 5) is 12.2. The first-order chi connectivity index (χ1) is 10.3. The van der Waals surface area contributed by atoms with Crippen molar-refractivity contribution in [2.75, 3.05) is 6.61 Å². The lowest BCUT2D eigenvalue weighted by Gasteiger charge is -2.09.